The maximum atomic E-state index is 12.3. The van der Waals surface area contributed by atoms with Gasteiger partial charge < -0.3 is 10.6 Å². The fourth-order valence-electron chi connectivity index (χ4n) is 3.23. The van der Waals surface area contributed by atoms with Crippen molar-refractivity contribution in [2.24, 2.45) is 7.05 Å². The Labute approximate surface area is 168 Å². The molecule has 7 heteroatoms. The van der Waals surface area contributed by atoms with Crippen LogP contribution in [0.5, 0.6) is 0 Å². The first kappa shape index (κ1) is 18.6. The molecule has 2 aromatic heterocycles. The summed E-state index contributed by atoms with van der Waals surface area (Å²) in [7, 11) is 3.75. The Balaban J connectivity index is 1.47. The van der Waals surface area contributed by atoms with Gasteiger partial charge in [0.2, 0.25) is 0 Å². The zero-order valence-electron chi connectivity index (χ0n) is 16.3. The zero-order chi connectivity index (χ0) is 20.2. The quantitative estimate of drug-likeness (QED) is 0.484. The highest BCUT2D eigenvalue weighted by atomic mass is 16.2. The molecule has 2 amide bonds. The average Bonchev–Trinajstić information content (AvgIpc) is 3.09. The zero-order valence-corrected chi connectivity index (χ0v) is 16.3. The first-order valence-electron chi connectivity index (χ1n) is 9.32. The minimum Gasteiger partial charge on any atom is -0.316 e. The van der Waals surface area contributed by atoms with Gasteiger partial charge in [0, 0.05) is 48.7 Å². The van der Waals surface area contributed by atoms with Crippen LogP contribution in [-0.4, -0.2) is 27.8 Å². The van der Waals surface area contributed by atoms with E-state index < -0.39 is 0 Å². The van der Waals surface area contributed by atoms with E-state index >= 15 is 0 Å². The van der Waals surface area contributed by atoms with Crippen LogP contribution in [0.15, 0.2) is 67.0 Å². The predicted octanol–water partition coefficient (Wildman–Crippen LogP) is 4.00. The number of carbonyl (C=O) groups excluding carboxylic acids is 1. The van der Waals surface area contributed by atoms with E-state index in [0.717, 1.165) is 39.8 Å². The lowest BCUT2D eigenvalue weighted by Gasteiger charge is -2.06. The van der Waals surface area contributed by atoms with Crippen LogP contribution in [0, 0.1) is 0 Å². The molecule has 0 atom stereocenters. The molecule has 0 fully saturated rings. The first-order chi connectivity index (χ1) is 14.1. The molecule has 0 saturated heterocycles. The van der Waals surface area contributed by atoms with Crippen molar-refractivity contribution in [3.8, 4) is 11.3 Å². The van der Waals surface area contributed by atoms with Gasteiger partial charge in [-0.05, 0) is 42.3 Å². The molecule has 2 aromatic carbocycles. The lowest BCUT2D eigenvalue weighted by molar-refractivity contribution is 0.262. The molecule has 0 unspecified atom stereocenters. The smallest absolute Gasteiger partial charge is 0.316 e. The van der Waals surface area contributed by atoms with Gasteiger partial charge in [0.25, 0.3) is 0 Å². The molecule has 0 spiro atoms. The summed E-state index contributed by atoms with van der Waals surface area (Å²) >= 11 is 0. The van der Waals surface area contributed by atoms with Gasteiger partial charge in [-0.25, -0.2) is 4.79 Å². The Morgan fingerprint density at radius 2 is 1.83 bits per heavy atom. The van der Waals surface area contributed by atoms with E-state index in [1.54, 1.807) is 10.9 Å². The van der Waals surface area contributed by atoms with E-state index in [2.05, 4.69) is 38.2 Å². The van der Waals surface area contributed by atoms with Gasteiger partial charge >= 0.3 is 6.03 Å². The number of rotatable bonds is 5. The van der Waals surface area contributed by atoms with Gasteiger partial charge in [-0.2, -0.15) is 5.10 Å². The number of carbonyl (C=O) groups is 1. The number of nitrogens with one attached hydrogen (secondary N) is 3. The number of amides is 2. The van der Waals surface area contributed by atoms with E-state index in [-0.39, 0.29) is 6.03 Å². The number of aromatic nitrogens is 3. The Morgan fingerprint density at radius 3 is 2.62 bits per heavy atom. The van der Waals surface area contributed by atoms with Crippen LogP contribution in [-0.2, 0) is 13.6 Å². The van der Waals surface area contributed by atoms with Crippen molar-refractivity contribution < 1.29 is 4.79 Å². The maximum Gasteiger partial charge on any atom is 0.324 e. The fraction of sp³-hybridized carbons (Fsp3) is 0.136. The molecule has 3 N–H and O–H groups in total. The van der Waals surface area contributed by atoms with Gasteiger partial charge in [0.1, 0.15) is 0 Å². The first-order valence-corrected chi connectivity index (χ1v) is 9.32. The lowest BCUT2D eigenvalue weighted by Crippen LogP contribution is -2.19. The van der Waals surface area contributed by atoms with Crippen molar-refractivity contribution in [1.82, 2.24) is 20.1 Å². The molecule has 2 heterocycles. The van der Waals surface area contributed by atoms with E-state index in [1.807, 2.05) is 62.8 Å². The number of pyridine rings is 1. The fourth-order valence-corrected chi connectivity index (χ4v) is 3.23. The monoisotopic (exact) mass is 386 g/mol. The van der Waals surface area contributed by atoms with Crippen molar-refractivity contribution >= 4 is 28.3 Å². The number of urea groups is 1. The predicted molar refractivity (Wildman–Crippen MR) is 116 cm³/mol. The Bertz CT molecular complexity index is 1150. The molecular weight excluding hydrogens is 364 g/mol. The number of nitrogens with zero attached hydrogens (tertiary/aromatic N) is 3. The van der Waals surface area contributed by atoms with Crippen molar-refractivity contribution in [1.29, 1.82) is 0 Å². The molecule has 4 rings (SSSR count). The molecule has 0 bridgehead atoms. The topological polar surface area (TPSA) is 83.9 Å². The summed E-state index contributed by atoms with van der Waals surface area (Å²) in [6, 6.07) is 17.3. The van der Waals surface area contributed by atoms with Gasteiger partial charge in [-0.3, -0.25) is 15.0 Å². The van der Waals surface area contributed by atoms with Crippen LogP contribution in [0.2, 0.25) is 0 Å². The highest BCUT2D eigenvalue weighted by Gasteiger charge is 2.11. The van der Waals surface area contributed by atoms with Crippen LogP contribution in [0.25, 0.3) is 22.0 Å². The maximum absolute atomic E-state index is 12.3. The largest absolute Gasteiger partial charge is 0.324 e. The Kier molecular flexibility index (Phi) is 5.22. The molecule has 0 radical (unpaired) electrons. The van der Waals surface area contributed by atoms with E-state index in [9.17, 15) is 4.79 Å². The minimum atomic E-state index is -0.335. The summed E-state index contributed by atoms with van der Waals surface area (Å²) in [5.41, 5.74) is 3.79. The second-order valence-electron chi connectivity index (χ2n) is 6.78. The van der Waals surface area contributed by atoms with Gasteiger partial charge in [0.15, 0.2) is 5.82 Å². The Hall–Kier alpha value is -3.71. The molecule has 0 aliphatic carbocycles. The van der Waals surface area contributed by atoms with E-state index in [4.69, 9.17) is 0 Å². The molecule has 0 saturated carbocycles. The van der Waals surface area contributed by atoms with Gasteiger partial charge in [0.05, 0.1) is 5.69 Å². The summed E-state index contributed by atoms with van der Waals surface area (Å²) < 4.78 is 1.75. The molecule has 0 aliphatic heterocycles. The van der Waals surface area contributed by atoms with E-state index in [0.29, 0.717) is 5.82 Å². The number of aryl methyl sites for hydroxylation is 1. The lowest BCUT2D eigenvalue weighted by atomic mass is 10.1. The summed E-state index contributed by atoms with van der Waals surface area (Å²) in [4.78, 5) is 16.5. The van der Waals surface area contributed by atoms with Crippen LogP contribution in [0.1, 0.15) is 5.56 Å². The SMILES string of the molecule is CNCc1ccc(NC(=O)Nc2cc(-c3ccc4ccncc4c3)n(C)n2)cc1. The Morgan fingerprint density at radius 1 is 1.00 bits per heavy atom. The van der Waals surface area contributed by atoms with Crippen LogP contribution >= 0.6 is 0 Å². The molecule has 146 valence electrons. The second kappa shape index (κ2) is 8.12. The standard InChI is InChI=1S/C22H22N6O/c1-23-13-15-3-7-19(8-4-15)25-22(29)26-21-12-20(28(2)27-21)17-6-5-16-9-10-24-14-18(16)11-17/h3-12,14,23H,13H2,1-2H3,(H2,25,26,27,29). The molecule has 4 aromatic rings. The number of anilines is 2. The number of fused-ring (bicyclic) bond motifs is 1. The molecular formula is C22H22N6O. The van der Waals surface area contributed by atoms with Crippen molar-refractivity contribution in [2.75, 3.05) is 17.7 Å². The van der Waals surface area contributed by atoms with Gasteiger partial charge in [-0.15, -0.1) is 0 Å². The van der Waals surface area contributed by atoms with Crippen molar-refractivity contribution in [2.45, 2.75) is 6.54 Å². The van der Waals surface area contributed by atoms with Crippen LogP contribution in [0.4, 0.5) is 16.3 Å². The van der Waals surface area contributed by atoms with Gasteiger partial charge in [-0.1, -0.05) is 24.3 Å². The average molecular weight is 386 g/mol. The van der Waals surface area contributed by atoms with Crippen LogP contribution < -0.4 is 16.0 Å². The third-order valence-corrected chi connectivity index (χ3v) is 4.65. The number of benzene rings is 2. The number of hydrogen-bond donors (Lipinski definition) is 3. The third-order valence-electron chi connectivity index (χ3n) is 4.65. The highest BCUT2D eigenvalue weighted by Crippen LogP contribution is 2.25. The van der Waals surface area contributed by atoms with E-state index in [1.165, 1.54) is 0 Å². The summed E-state index contributed by atoms with van der Waals surface area (Å²) in [6.07, 6.45) is 3.62. The summed E-state index contributed by atoms with van der Waals surface area (Å²) in [5.74, 6) is 0.484. The normalized spacial score (nSPS) is 10.8. The third kappa shape index (κ3) is 4.25. The number of hydrogen-bond acceptors (Lipinski definition) is 4. The molecule has 0 aliphatic rings. The van der Waals surface area contributed by atoms with Crippen molar-refractivity contribution in [3.05, 3.63) is 72.6 Å². The van der Waals surface area contributed by atoms with Crippen LogP contribution in [0.3, 0.4) is 0 Å². The second-order valence-corrected chi connectivity index (χ2v) is 6.78. The summed E-state index contributed by atoms with van der Waals surface area (Å²) in [6.45, 7) is 0.786. The summed E-state index contributed by atoms with van der Waals surface area (Å²) in [5, 5.41) is 15.3. The molecule has 7 nitrogen and oxygen atoms in total. The highest BCUT2D eigenvalue weighted by molar-refractivity contribution is 5.99. The van der Waals surface area contributed by atoms with Crippen molar-refractivity contribution in [3.63, 3.8) is 0 Å². The molecule has 29 heavy (non-hydrogen) atoms. The minimum absolute atomic E-state index is 0.335.